The van der Waals surface area contributed by atoms with Gasteiger partial charge in [-0.3, -0.25) is 14.3 Å². The van der Waals surface area contributed by atoms with Crippen molar-refractivity contribution in [3.63, 3.8) is 0 Å². The molecule has 0 aliphatic rings. The van der Waals surface area contributed by atoms with E-state index in [4.69, 9.17) is 4.74 Å². The van der Waals surface area contributed by atoms with Crippen molar-refractivity contribution in [2.45, 2.75) is 31.0 Å². The molecule has 4 aromatic rings. The van der Waals surface area contributed by atoms with Crippen molar-refractivity contribution in [1.82, 2.24) is 10.2 Å². The summed E-state index contributed by atoms with van der Waals surface area (Å²) in [6.07, 6.45) is 0. The first-order valence-electron chi connectivity index (χ1n) is 13.0. The topological polar surface area (TPSA) is 105 Å². The number of amides is 2. The van der Waals surface area contributed by atoms with Gasteiger partial charge in [0.1, 0.15) is 23.4 Å². The largest absolute Gasteiger partial charge is 0.484 e. The molecule has 42 heavy (non-hydrogen) atoms. The van der Waals surface area contributed by atoms with Crippen LogP contribution in [0, 0.1) is 11.6 Å². The van der Waals surface area contributed by atoms with E-state index >= 15 is 0 Å². The number of hydrogen-bond donors (Lipinski definition) is 2. The highest BCUT2D eigenvalue weighted by atomic mass is 32.2. The second-order valence-electron chi connectivity index (χ2n) is 9.40. The molecular formula is C31H29F2N3O5S. The normalized spacial score (nSPS) is 11.8. The number of nitrogens with one attached hydrogen (secondary N) is 2. The molecule has 1 atom stereocenters. The van der Waals surface area contributed by atoms with Crippen LogP contribution in [0.5, 0.6) is 5.75 Å². The molecule has 0 bridgehead atoms. The fraction of sp³-hybridized carbons (Fsp3) is 0.161. The van der Waals surface area contributed by atoms with E-state index in [1.807, 2.05) is 30.3 Å². The van der Waals surface area contributed by atoms with Crippen LogP contribution < -0.4 is 14.8 Å². The second-order valence-corrected chi connectivity index (χ2v) is 11.1. The number of benzene rings is 4. The minimum atomic E-state index is -3.95. The van der Waals surface area contributed by atoms with Gasteiger partial charge in [-0.1, -0.05) is 42.5 Å². The van der Waals surface area contributed by atoms with Crippen LogP contribution in [0.2, 0.25) is 0 Å². The highest BCUT2D eigenvalue weighted by molar-refractivity contribution is 7.92. The Labute approximate surface area is 243 Å². The van der Waals surface area contributed by atoms with Crippen LogP contribution in [0.25, 0.3) is 0 Å². The average molecular weight is 594 g/mol. The summed E-state index contributed by atoms with van der Waals surface area (Å²) in [5.41, 5.74) is 1.72. The predicted molar refractivity (Wildman–Crippen MR) is 154 cm³/mol. The van der Waals surface area contributed by atoms with Crippen molar-refractivity contribution in [1.29, 1.82) is 0 Å². The molecular weight excluding hydrogens is 564 g/mol. The van der Waals surface area contributed by atoms with Crippen molar-refractivity contribution >= 4 is 27.5 Å². The number of ether oxygens (including phenoxy) is 1. The highest BCUT2D eigenvalue weighted by Gasteiger charge is 2.26. The summed E-state index contributed by atoms with van der Waals surface area (Å²) in [6, 6.07) is 24.3. The van der Waals surface area contributed by atoms with Gasteiger partial charge in [0, 0.05) is 18.8 Å². The molecule has 0 saturated carbocycles. The molecule has 0 unspecified atom stereocenters. The van der Waals surface area contributed by atoms with Crippen molar-refractivity contribution in [2.24, 2.45) is 0 Å². The molecule has 0 aliphatic heterocycles. The van der Waals surface area contributed by atoms with E-state index in [9.17, 15) is 26.8 Å². The summed E-state index contributed by atoms with van der Waals surface area (Å²) in [5.74, 6) is -1.57. The lowest BCUT2D eigenvalue weighted by molar-refractivity contribution is -0.142. The smallest absolute Gasteiger partial charge is 0.261 e. The number of halogens is 2. The Morgan fingerprint density at radius 2 is 1.40 bits per heavy atom. The van der Waals surface area contributed by atoms with Gasteiger partial charge >= 0.3 is 0 Å². The fourth-order valence-corrected chi connectivity index (χ4v) is 5.04. The molecule has 0 aliphatic carbocycles. The van der Waals surface area contributed by atoms with E-state index in [2.05, 4.69) is 10.0 Å². The van der Waals surface area contributed by atoms with Gasteiger partial charge in [0.05, 0.1) is 4.90 Å². The van der Waals surface area contributed by atoms with Crippen LogP contribution in [0.1, 0.15) is 18.1 Å². The van der Waals surface area contributed by atoms with Gasteiger partial charge in [0.15, 0.2) is 6.61 Å². The first-order valence-corrected chi connectivity index (χ1v) is 14.5. The summed E-state index contributed by atoms with van der Waals surface area (Å²) in [7, 11) is -3.95. The Balaban J connectivity index is 1.41. The highest BCUT2D eigenvalue weighted by Crippen LogP contribution is 2.20. The number of carbonyl (C=O) groups excluding carboxylic acids is 2. The van der Waals surface area contributed by atoms with E-state index in [-0.39, 0.29) is 35.3 Å². The standard InChI is InChI=1S/C31H29F2N3O5S/c1-22(31(38)34-19-23-5-3-2-4-6-23)36(20-24-7-9-25(32)10-8-24)30(37)21-41-28-15-17-29(18-16-28)42(39,40)35-27-13-11-26(33)12-14-27/h2-18,22,35H,19-21H2,1H3,(H,34,38)/t22-/m1/s1. The van der Waals surface area contributed by atoms with Crippen molar-refractivity contribution < 1.29 is 31.5 Å². The van der Waals surface area contributed by atoms with Crippen molar-refractivity contribution in [3.8, 4) is 5.75 Å². The molecule has 2 N–H and O–H groups in total. The van der Waals surface area contributed by atoms with Crippen LogP contribution in [0.4, 0.5) is 14.5 Å². The first-order chi connectivity index (χ1) is 20.1. The predicted octanol–water partition coefficient (Wildman–Crippen LogP) is 4.88. The van der Waals surface area contributed by atoms with Gasteiger partial charge in [-0.25, -0.2) is 17.2 Å². The molecule has 11 heteroatoms. The van der Waals surface area contributed by atoms with Gasteiger partial charge in [0.25, 0.3) is 15.9 Å². The number of hydrogen-bond acceptors (Lipinski definition) is 5. The number of carbonyl (C=O) groups is 2. The van der Waals surface area contributed by atoms with Gasteiger partial charge < -0.3 is 15.0 Å². The minimum Gasteiger partial charge on any atom is -0.484 e. The molecule has 0 saturated heterocycles. The Morgan fingerprint density at radius 3 is 2.02 bits per heavy atom. The lowest BCUT2D eigenvalue weighted by Crippen LogP contribution is -2.48. The number of rotatable bonds is 12. The van der Waals surface area contributed by atoms with Crippen molar-refractivity contribution in [2.75, 3.05) is 11.3 Å². The Morgan fingerprint density at radius 1 is 0.810 bits per heavy atom. The summed E-state index contributed by atoms with van der Waals surface area (Å²) >= 11 is 0. The summed E-state index contributed by atoms with van der Waals surface area (Å²) in [5, 5.41) is 2.83. The molecule has 0 heterocycles. The van der Waals surface area contributed by atoms with E-state index in [0.29, 0.717) is 5.56 Å². The average Bonchev–Trinajstić information content (AvgIpc) is 3.00. The maximum absolute atomic E-state index is 13.4. The zero-order valence-electron chi connectivity index (χ0n) is 22.7. The second kappa shape index (κ2) is 13.7. The van der Waals surface area contributed by atoms with Crippen LogP contribution in [-0.2, 0) is 32.7 Å². The molecule has 0 fully saturated rings. The molecule has 4 rings (SSSR count). The van der Waals surface area contributed by atoms with E-state index < -0.39 is 40.2 Å². The van der Waals surface area contributed by atoms with Crippen molar-refractivity contribution in [3.05, 3.63) is 126 Å². The lowest BCUT2D eigenvalue weighted by atomic mass is 10.1. The van der Waals surface area contributed by atoms with Crippen LogP contribution in [0.15, 0.2) is 108 Å². The third-order valence-corrected chi connectivity index (χ3v) is 7.73. The van der Waals surface area contributed by atoms with Crippen LogP contribution in [-0.4, -0.2) is 37.8 Å². The first kappa shape index (κ1) is 30.2. The zero-order valence-corrected chi connectivity index (χ0v) is 23.5. The third kappa shape index (κ3) is 8.37. The molecule has 8 nitrogen and oxygen atoms in total. The summed E-state index contributed by atoms with van der Waals surface area (Å²) in [6.45, 7) is 1.48. The molecule has 0 spiro atoms. The van der Waals surface area contributed by atoms with Gasteiger partial charge in [0.2, 0.25) is 5.91 Å². The van der Waals surface area contributed by atoms with Gasteiger partial charge in [-0.2, -0.15) is 0 Å². The number of anilines is 1. The fourth-order valence-electron chi connectivity index (χ4n) is 3.98. The van der Waals surface area contributed by atoms with Crippen LogP contribution in [0.3, 0.4) is 0 Å². The summed E-state index contributed by atoms with van der Waals surface area (Å²) < 4.78 is 59.9. The third-order valence-electron chi connectivity index (χ3n) is 6.34. The molecule has 0 radical (unpaired) electrons. The van der Waals surface area contributed by atoms with E-state index in [0.717, 1.165) is 17.7 Å². The Bertz CT molecular complexity index is 1600. The number of sulfonamides is 1. The van der Waals surface area contributed by atoms with Gasteiger partial charge in [-0.05, 0) is 78.7 Å². The maximum Gasteiger partial charge on any atom is 0.261 e. The lowest BCUT2D eigenvalue weighted by Gasteiger charge is -2.28. The van der Waals surface area contributed by atoms with Crippen LogP contribution >= 0.6 is 0 Å². The molecule has 0 aromatic heterocycles. The van der Waals surface area contributed by atoms with E-state index in [1.54, 1.807) is 6.92 Å². The zero-order chi connectivity index (χ0) is 30.1. The monoisotopic (exact) mass is 593 g/mol. The Hall–Kier alpha value is -4.77. The molecule has 2 amide bonds. The summed E-state index contributed by atoms with van der Waals surface area (Å²) in [4.78, 5) is 27.5. The number of nitrogens with zero attached hydrogens (tertiary/aromatic N) is 1. The minimum absolute atomic E-state index is 0.0363. The SMILES string of the molecule is C[C@H](C(=O)NCc1ccccc1)N(Cc1ccc(F)cc1)C(=O)COc1ccc(S(=O)(=O)Nc2ccc(F)cc2)cc1. The quantitative estimate of drug-likeness (QED) is 0.244. The molecule has 4 aromatic carbocycles. The van der Waals surface area contributed by atoms with E-state index in [1.165, 1.54) is 65.6 Å². The maximum atomic E-state index is 13.4. The van der Waals surface area contributed by atoms with Gasteiger partial charge in [-0.15, -0.1) is 0 Å². The Kier molecular flexibility index (Phi) is 9.87. The molecule has 218 valence electrons.